The molecule has 0 saturated heterocycles. The smallest absolute Gasteiger partial charge is 0.244 e. The average molecular weight is 302 g/mol. The van der Waals surface area contributed by atoms with Crippen molar-refractivity contribution in [2.45, 2.75) is 4.90 Å². The Hall–Kier alpha value is -1.13. The van der Waals surface area contributed by atoms with Crippen molar-refractivity contribution >= 4 is 21.6 Å². The molecule has 104 valence electrons. The maximum absolute atomic E-state index is 12.3. The number of sulfonamides is 1. The molecule has 0 N–H and O–H groups in total. The van der Waals surface area contributed by atoms with E-state index in [1.165, 1.54) is 29.6 Å². The normalized spacial score (nSPS) is 11.8. The van der Waals surface area contributed by atoms with Gasteiger partial charge in [-0.2, -0.15) is 9.57 Å². The van der Waals surface area contributed by atoms with Gasteiger partial charge in [-0.1, -0.05) is 11.6 Å². The molecule has 0 radical (unpaired) electrons. The van der Waals surface area contributed by atoms with Gasteiger partial charge in [-0.15, -0.1) is 0 Å². The van der Waals surface area contributed by atoms with E-state index in [-0.39, 0.29) is 15.5 Å². The Kier molecular flexibility index (Phi) is 5.32. The highest BCUT2D eigenvalue weighted by Gasteiger charge is 2.23. The number of halogens is 1. The molecule has 0 aromatic heterocycles. The van der Waals surface area contributed by atoms with Gasteiger partial charge in [-0.05, 0) is 32.3 Å². The van der Waals surface area contributed by atoms with Crippen molar-refractivity contribution in [3.63, 3.8) is 0 Å². The van der Waals surface area contributed by atoms with Crippen LogP contribution in [-0.4, -0.2) is 51.9 Å². The van der Waals surface area contributed by atoms with Crippen LogP contribution < -0.4 is 0 Å². The van der Waals surface area contributed by atoms with Crippen LogP contribution in [0.15, 0.2) is 23.1 Å². The second-order valence-electron chi connectivity index (χ2n) is 4.39. The van der Waals surface area contributed by atoms with E-state index in [4.69, 9.17) is 16.9 Å². The topological polar surface area (TPSA) is 64.4 Å². The van der Waals surface area contributed by atoms with Crippen LogP contribution in [-0.2, 0) is 10.0 Å². The predicted molar refractivity (Wildman–Crippen MR) is 74.5 cm³/mol. The molecule has 0 aliphatic heterocycles. The minimum absolute atomic E-state index is 0.0329. The van der Waals surface area contributed by atoms with Crippen LogP contribution in [0.4, 0.5) is 0 Å². The molecule has 7 heteroatoms. The highest BCUT2D eigenvalue weighted by molar-refractivity contribution is 7.89. The predicted octanol–water partition coefficient (Wildman–Crippen LogP) is 1.39. The molecule has 0 unspecified atom stereocenters. The molecule has 0 atom stereocenters. The molecule has 0 spiro atoms. The Labute approximate surface area is 119 Å². The molecule has 0 aliphatic rings. The van der Waals surface area contributed by atoms with E-state index >= 15 is 0 Å². The van der Waals surface area contributed by atoms with E-state index in [1.54, 1.807) is 0 Å². The van der Waals surface area contributed by atoms with Crippen molar-refractivity contribution < 1.29 is 8.42 Å². The largest absolute Gasteiger partial charge is 0.308 e. The number of likely N-dealkylation sites (N-methyl/N-ethyl adjacent to an activating group) is 2. The van der Waals surface area contributed by atoms with Gasteiger partial charge in [0.15, 0.2) is 0 Å². The molecule has 1 aromatic rings. The summed E-state index contributed by atoms with van der Waals surface area (Å²) in [5.41, 5.74) is 0.268. The summed E-state index contributed by atoms with van der Waals surface area (Å²) in [6, 6.07) is 6.11. The summed E-state index contributed by atoms with van der Waals surface area (Å²) in [6.45, 7) is 0.952. The number of nitrogens with zero attached hydrogens (tertiary/aromatic N) is 3. The first-order valence-electron chi connectivity index (χ1n) is 5.59. The van der Waals surface area contributed by atoms with Gasteiger partial charge >= 0.3 is 0 Å². The number of nitriles is 1. The van der Waals surface area contributed by atoms with Crippen molar-refractivity contribution in [1.82, 2.24) is 9.21 Å². The molecule has 0 bridgehead atoms. The third-order valence-electron chi connectivity index (χ3n) is 2.61. The molecule has 1 rings (SSSR count). The van der Waals surface area contributed by atoms with Crippen LogP contribution in [0.5, 0.6) is 0 Å². The Morgan fingerprint density at radius 1 is 1.26 bits per heavy atom. The maximum atomic E-state index is 12.3. The molecular weight excluding hydrogens is 286 g/mol. The minimum Gasteiger partial charge on any atom is -0.308 e. The number of rotatable bonds is 5. The van der Waals surface area contributed by atoms with E-state index in [1.807, 2.05) is 25.1 Å². The Balaban J connectivity index is 3.10. The molecule has 0 fully saturated rings. The summed E-state index contributed by atoms with van der Waals surface area (Å²) in [6.07, 6.45) is 0. The standard InChI is InChI=1S/C12H16ClN3O2S/c1-15(2)6-7-16(3)19(17,18)12-8-10(9-14)4-5-11(12)13/h4-5,8H,6-7H2,1-3H3. The van der Waals surface area contributed by atoms with Gasteiger partial charge in [0.2, 0.25) is 10.0 Å². The third-order valence-corrected chi connectivity index (χ3v) is 4.95. The fourth-order valence-electron chi connectivity index (χ4n) is 1.40. The van der Waals surface area contributed by atoms with Crippen LogP contribution in [0, 0.1) is 11.3 Å². The van der Waals surface area contributed by atoms with Gasteiger partial charge < -0.3 is 4.90 Å². The molecule has 19 heavy (non-hydrogen) atoms. The summed E-state index contributed by atoms with van der Waals surface area (Å²) in [7, 11) is 1.55. The number of benzene rings is 1. The van der Waals surface area contributed by atoms with E-state index in [0.29, 0.717) is 13.1 Å². The number of hydrogen-bond acceptors (Lipinski definition) is 4. The maximum Gasteiger partial charge on any atom is 0.244 e. The molecule has 0 amide bonds. The Morgan fingerprint density at radius 3 is 2.42 bits per heavy atom. The second-order valence-corrected chi connectivity index (χ2v) is 6.81. The Bertz CT molecular complexity index is 593. The van der Waals surface area contributed by atoms with Gasteiger partial charge in [-0.3, -0.25) is 0 Å². The van der Waals surface area contributed by atoms with Crippen LogP contribution in [0.2, 0.25) is 5.02 Å². The first kappa shape index (κ1) is 15.9. The molecule has 5 nitrogen and oxygen atoms in total. The summed E-state index contributed by atoms with van der Waals surface area (Å²) in [5, 5.41) is 8.95. The molecule has 0 heterocycles. The molecule has 0 aliphatic carbocycles. The van der Waals surface area contributed by atoms with Crippen molar-refractivity contribution in [2.24, 2.45) is 0 Å². The first-order chi connectivity index (χ1) is 8.78. The van der Waals surface area contributed by atoms with Crippen LogP contribution in [0.25, 0.3) is 0 Å². The SMILES string of the molecule is CN(C)CCN(C)S(=O)(=O)c1cc(C#N)ccc1Cl. The zero-order chi connectivity index (χ0) is 14.6. The lowest BCUT2D eigenvalue weighted by atomic mass is 10.2. The third kappa shape index (κ3) is 3.91. The molecular formula is C12H16ClN3O2S. The highest BCUT2D eigenvalue weighted by Crippen LogP contribution is 2.24. The van der Waals surface area contributed by atoms with Crippen LogP contribution in [0.1, 0.15) is 5.56 Å². The molecule has 1 aromatic carbocycles. The average Bonchev–Trinajstić information content (AvgIpc) is 2.36. The van der Waals surface area contributed by atoms with Crippen molar-refractivity contribution in [3.8, 4) is 6.07 Å². The van der Waals surface area contributed by atoms with Gasteiger partial charge in [0.25, 0.3) is 0 Å². The zero-order valence-electron chi connectivity index (χ0n) is 11.1. The highest BCUT2D eigenvalue weighted by atomic mass is 35.5. The van der Waals surface area contributed by atoms with Crippen molar-refractivity contribution in [1.29, 1.82) is 5.26 Å². The van der Waals surface area contributed by atoms with Gasteiger partial charge in [0.05, 0.1) is 16.7 Å². The summed E-state index contributed by atoms with van der Waals surface area (Å²) in [4.78, 5) is 1.86. The fourth-order valence-corrected chi connectivity index (χ4v) is 3.06. The second kappa shape index (κ2) is 6.35. The van der Waals surface area contributed by atoms with Crippen molar-refractivity contribution in [3.05, 3.63) is 28.8 Å². The van der Waals surface area contributed by atoms with Crippen LogP contribution >= 0.6 is 11.6 Å². The first-order valence-corrected chi connectivity index (χ1v) is 7.41. The van der Waals surface area contributed by atoms with E-state index in [9.17, 15) is 8.42 Å². The molecule has 0 saturated carbocycles. The summed E-state index contributed by atoms with van der Waals surface area (Å²) in [5.74, 6) is 0. The lowest BCUT2D eigenvalue weighted by molar-refractivity contribution is 0.358. The van der Waals surface area contributed by atoms with Gasteiger partial charge in [0.1, 0.15) is 4.90 Å². The van der Waals surface area contributed by atoms with E-state index in [2.05, 4.69) is 0 Å². The lowest BCUT2D eigenvalue weighted by Crippen LogP contribution is -2.33. The fraction of sp³-hybridized carbons (Fsp3) is 0.417. The van der Waals surface area contributed by atoms with E-state index < -0.39 is 10.0 Å². The number of hydrogen-bond donors (Lipinski definition) is 0. The van der Waals surface area contributed by atoms with E-state index in [0.717, 1.165) is 0 Å². The summed E-state index contributed by atoms with van der Waals surface area (Å²) < 4.78 is 25.9. The van der Waals surface area contributed by atoms with Gasteiger partial charge in [-0.25, -0.2) is 8.42 Å². The summed E-state index contributed by atoms with van der Waals surface area (Å²) >= 11 is 5.92. The zero-order valence-corrected chi connectivity index (χ0v) is 12.7. The lowest BCUT2D eigenvalue weighted by Gasteiger charge is -2.20. The monoisotopic (exact) mass is 301 g/mol. The minimum atomic E-state index is -3.67. The quantitative estimate of drug-likeness (QED) is 0.824. The van der Waals surface area contributed by atoms with Crippen molar-refractivity contribution in [2.75, 3.05) is 34.2 Å². The Morgan fingerprint density at radius 2 is 1.89 bits per heavy atom. The van der Waals surface area contributed by atoms with Gasteiger partial charge in [0, 0.05) is 20.1 Å². The van der Waals surface area contributed by atoms with Crippen LogP contribution in [0.3, 0.4) is 0 Å².